The van der Waals surface area contributed by atoms with Gasteiger partial charge in [-0.1, -0.05) is 33.1 Å². The molecule has 1 aliphatic rings. The van der Waals surface area contributed by atoms with Crippen molar-refractivity contribution in [3.8, 4) is 0 Å². The van der Waals surface area contributed by atoms with Gasteiger partial charge in [0.1, 0.15) is 17.5 Å². The fourth-order valence-electron chi connectivity index (χ4n) is 2.76. The Kier molecular flexibility index (Phi) is 4.61. The maximum atomic E-state index is 5.98. The molecule has 1 fully saturated rings. The molecule has 0 radical (unpaired) electrons. The zero-order chi connectivity index (χ0) is 13.8. The van der Waals surface area contributed by atoms with Crippen molar-refractivity contribution in [1.82, 2.24) is 9.97 Å². The first-order valence-corrected chi connectivity index (χ1v) is 7.51. The first-order valence-electron chi connectivity index (χ1n) is 7.51. The molecule has 1 saturated carbocycles. The average Bonchev–Trinajstić information content (AvgIpc) is 2.60. The lowest BCUT2D eigenvalue weighted by molar-refractivity contribution is 0.455. The van der Waals surface area contributed by atoms with Crippen LogP contribution in [0.4, 0.5) is 11.6 Å². The van der Waals surface area contributed by atoms with E-state index in [-0.39, 0.29) is 0 Å². The molecule has 0 aliphatic heterocycles. The predicted octanol–water partition coefficient (Wildman–Crippen LogP) is 3.31. The number of rotatable bonds is 3. The molecule has 4 nitrogen and oxygen atoms in total. The third-order valence-electron chi connectivity index (χ3n) is 4.23. The van der Waals surface area contributed by atoms with Gasteiger partial charge in [-0.05, 0) is 25.7 Å². The third kappa shape index (κ3) is 3.37. The second-order valence-corrected chi connectivity index (χ2v) is 5.72. The van der Waals surface area contributed by atoms with E-state index in [0.717, 1.165) is 23.6 Å². The van der Waals surface area contributed by atoms with E-state index in [0.29, 0.717) is 17.8 Å². The predicted molar refractivity (Wildman–Crippen MR) is 80.2 cm³/mol. The van der Waals surface area contributed by atoms with Crippen molar-refractivity contribution >= 4 is 11.6 Å². The summed E-state index contributed by atoms with van der Waals surface area (Å²) in [5, 5.41) is 3.62. The monoisotopic (exact) mass is 262 g/mol. The van der Waals surface area contributed by atoms with Gasteiger partial charge in [0.15, 0.2) is 0 Å². The van der Waals surface area contributed by atoms with Crippen molar-refractivity contribution in [2.24, 2.45) is 5.92 Å². The summed E-state index contributed by atoms with van der Waals surface area (Å²) in [6.07, 6.45) is 7.36. The minimum Gasteiger partial charge on any atom is -0.383 e. The van der Waals surface area contributed by atoms with E-state index >= 15 is 0 Å². The van der Waals surface area contributed by atoms with Gasteiger partial charge in [0.2, 0.25) is 0 Å². The highest BCUT2D eigenvalue weighted by Gasteiger charge is 2.21. The molecular formula is C15H26N4. The number of hydrogen-bond acceptors (Lipinski definition) is 4. The number of anilines is 2. The van der Waals surface area contributed by atoms with Crippen molar-refractivity contribution in [3.63, 3.8) is 0 Å². The summed E-state index contributed by atoms with van der Waals surface area (Å²) in [4.78, 5) is 8.92. The van der Waals surface area contributed by atoms with E-state index in [1.807, 2.05) is 6.92 Å². The molecule has 2 unspecified atom stereocenters. The summed E-state index contributed by atoms with van der Waals surface area (Å²) >= 11 is 0. The highest BCUT2D eigenvalue weighted by molar-refractivity contribution is 5.55. The van der Waals surface area contributed by atoms with Gasteiger partial charge in [-0.15, -0.1) is 0 Å². The smallest absolute Gasteiger partial charge is 0.134 e. The highest BCUT2D eigenvalue weighted by atomic mass is 15.1. The summed E-state index contributed by atoms with van der Waals surface area (Å²) in [6, 6.07) is 0.514. The molecule has 1 aromatic rings. The number of nitrogens with zero attached hydrogens (tertiary/aromatic N) is 2. The van der Waals surface area contributed by atoms with Crippen LogP contribution in [0.15, 0.2) is 0 Å². The van der Waals surface area contributed by atoms with Gasteiger partial charge < -0.3 is 11.1 Å². The maximum absolute atomic E-state index is 5.98. The summed E-state index contributed by atoms with van der Waals surface area (Å²) in [7, 11) is 0. The zero-order valence-corrected chi connectivity index (χ0v) is 12.4. The van der Waals surface area contributed by atoms with E-state index in [1.165, 1.54) is 32.1 Å². The van der Waals surface area contributed by atoms with Crippen molar-refractivity contribution in [2.45, 2.75) is 65.3 Å². The van der Waals surface area contributed by atoms with Gasteiger partial charge in [-0.3, -0.25) is 0 Å². The van der Waals surface area contributed by atoms with Gasteiger partial charge in [0.25, 0.3) is 0 Å². The molecule has 1 aliphatic carbocycles. The number of hydrogen-bond donors (Lipinski definition) is 2. The molecule has 1 aromatic heterocycles. The standard InChI is InChI=1S/C15H26N4/c1-4-13-18-14(16)11(3)15(19-13)17-12-9-7-5-6-8-10(12)2/h10,12H,4-9H2,1-3H3,(H3,16,17,18,19). The Labute approximate surface area is 116 Å². The largest absolute Gasteiger partial charge is 0.383 e. The minimum absolute atomic E-state index is 0.514. The first-order chi connectivity index (χ1) is 9.11. The Bertz CT molecular complexity index is 430. The number of nitrogens with one attached hydrogen (secondary N) is 1. The Balaban J connectivity index is 2.19. The Morgan fingerprint density at radius 3 is 2.68 bits per heavy atom. The van der Waals surface area contributed by atoms with Crippen LogP contribution in [0.25, 0.3) is 0 Å². The fourth-order valence-corrected chi connectivity index (χ4v) is 2.76. The number of nitrogen functional groups attached to an aromatic ring is 1. The van der Waals surface area contributed by atoms with Crippen LogP contribution < -0.4 is 11.1 Å². The third-order valence-corrected chi connectivity index (χ3v) is 4.23. The topological polar surface area (TPSA) is 63.8 Å². The number of aromatic nitrogens is 2. The Hall–Kier alpha value is -1.32. The van der Waals surface area contributed by atoms with Crippen LogP contribution in [-0.4, -0.2) is 16.0 Å². The van der Waals surface area contributed by atoms with Gasteiger partial charge in [-0.2, -0.15) is 0 Å². The molecule has 0 aromatic carbocycles. The normalized spacial score (nSPS) is 23.9. The van der Waals surface area contributed by atoms with Crippen LogP contribution in [0.1, 0.15) is 57.3 Å². The van der Waals surface area contributed by atoms with E-state index in [2.05, 4.69) is 29.1 Å². The van der Waals surface area contributed by atoms with Crippen LogP contribution in [0, 0.1) is 12.8 Å². The molecule has 19 heavy (non-hydrogen) atoms. The van der Waals surface area contributed by atoms with Crippen LogP contribution in [0.2, 0.25) is 0 Å². The van der Waals surface area contributed by atoms with Gasteiger partial charge in [0.05, 0.1) is 0 Å². The van der Waals surface area contributed by atoms with Crippen LogP contribution in [0.3, 0.4) is 0 Å². The summed E-state index contributed by atoms with van der Waals surface area (Å²) in [5.74, 6) is 3.06. The van der Waals surface area contributed by atoms with Crippen molar-refractivity contribution in [2.75, 3.05) is 11.1 Å². The molecule has 1 heterocycles. The molecule has 0 bridgehead atoms. The molecular weight excluding hydrogens is 236 g/mol. The SMILES string of the molecule is CCc1nc(N)c(C)c(NC2CCCCCC2C)n1. The van der Waals surface area contributed by atoms with Crippen molar-refractivity contribution in [3.05, 3.63) is 11.4 Å². The second-order valence-electron chi connectivity index (χ2n) is 5.72. The van der Waals surface area contributed by atoms with E-state index in [9.17, 15) is 0 Å². The second kappa shape index (κ2) is 6.22. The molecule has 106 valence electrons. The molecule has 0 saturated heterocycles. The van der Waals surface area contributed by atoms with Gasteiger partial charge in [-0.25, -0.2) is 9.97 Å². The van der Waals surface area contributed by atoms with Gasteiger partial charge >= 0.3 is 0 Å². The minimum atomic E-state index is 0.514. The van der Waals surface area contributed by atoms with E-state index in [1.54, 1.807) is 0 Å². The van der Waals surface area contributed by atoms with Crippen LogP contribution >= 0.6 is 0 Å². The average molecular weight is 262 g/mol. The fraction of sp³-hybridized carbons (Fsp3) is 0.733. The number of aryl methyl sites for hydroxylation is 1. The Morgan fingerprint density at radius 1 is 1.21 bits per heavy atom. The molecule has 3 N–H and O–H groups in total. The lowest BCUT2D eigenvalue weighted by Crippen LogP contribution is -2.27. The summed E-state index contributed by atoms with van der Waals surface area (Å²) < 4.78 is 0. The highest BCUT2D eigenvalue weighted by Crippen LogP contribution is 2.27. The molecule has 2 rings (SSSR count). The van der Waals surface area contributed by atoms with Crippen molar-refractivity contribution in [1.29, 1.82) is 0 Å². The lowest BCUT2D eigenvalue weighted by Gasteiger charge is -2.24. The molecule has 0 amide bonds. The molecule has 0 spiro atoms. The Morgan fingerprint density at radius 2 is 1.95 bits per heavy atom. The lowest BCUT2D eigenvalue weighted by atomic mass is 9.97. The van der Waals surface area contributed by atoms with Gasteiger partial charge in [0, 0.05) is 18.0 Å². The van der Waals surface area contributed by atoms with Crippen LogP contribution in [-0.2, 0) is 6.42 Å². The van der Waals surface area contributed by atoms with E-state index in [4.69, 9.17) is 5.73 Å². The number of nitrogens with two attached hydrogens (primary N) is 1. The summed E-state index contributed by atoms with van der Waals surface area (Å²) in [6.45, 7) is 6.39. The van der Waals surface area contributed by atoms with E-state index < -0.39 is 0 Å². The maximum Gasteiger partial charge on any atom is 0.134 e. The zero-order valence-electron chi connectivity index (χ0n) is 12.4. The quantitative estimate of drug-likeness (QED) is 0.820. The summed E-state index contributed by atoms with van der Waals surface area (Å²) in [5.41, 5.74) is 6.96. The molecule has 2 atom stereocenters. The molecule has 4 heteroatoms. The van der Waals surface area contributed by atoms with Crippen LogP contribution in [0.5, 0.6) is 0 Å². The first kappa shape index (κ1) is 14.1. The van der Waals surface area contributed by atoms with Crippen molar-refractivity contribution < 1.29 is 0 Å².